The molecule has 0 aliphatic carbocycles. The first-order valence-electron chi connectivity index (χ1n) is 5.76. The van der Waals surface area contributed by atoms with Gasteiger partial charge in [0.25, 0.3) is 5.67 Å². The van der Waals surface area contributed by atoms with E-state index in [1.807, 2.05) is 4.74 Å². The van der Waals surface area contributed by atoms with Crippen molar-refractivity contribution in [3.05, 3.63) is 0 Å². The summed E-state index contributed by atoms with van der Waals surface area (Å²) in [5, 5.41) is 8.65. The van der Waals surface area contributed by atoms with Crippen LogP contribution in [0.2, 0.25) is 0 Å². The van der Waals surface area contributed by atoms with Crippen molar-refractivity contribution >= 4 is 0 Å². The van der Waals surface area contributed by atoms with Gasteiger partial charge in [0.15, 0.2) is 0 Å². The molecule has 0 radical (unpaired) electrons. The third-order valence-corrected chi connectivity index (χ3v) is 3.18. The molecule has 0 aromatic rings. The van der Waals surface area contributed by atoms with Crippen LogP contribution in [-0.4, -0.2) is 58.6 Å². The van der Waals surface area contributed by atoms with Gasteiger partial charge in [-0.05, 0) is 6.92 Å². The van der Waals surface area contributed by atoms with E-state index in [4.69, 9.17) is 5.11 Å². The van der Waals surface area contributed by atoms with E-state index in [1.54, 1.807) is 0 Å². The first-order chi connectivity index (χ1) is 10.7. The molecule has 3 unspecified atom stereocenters. The molecule has 1 N–H and O–H groups in total. The van der Waals surface area contributed by atoms with Crippen LogP contribution in [0, 0.1) is 0 Å². The first-order valence-corrected chi connectivity index (χ1v) is 5.76. The van der Waals surface area contributed by atoms with Gasteiger partial charge < -0.3 is 5.11 Å². The van der Waals surface area contributed by atoms with Crippen LogP contribution in [0.4, 0.5) is 57.1 Å². The van der Waals surface area contributed by atoms with E-state index in [0.717, 1.165) is 0 Å². The van der Waals surface area contributed by atoms with Crippen molar-refractivity contribution in [2.24, 2.45) is 0 Å². The molecule has 1 aliphatic rings. The molecule has 1 rings (SSSR count). The van der Waals surface area contributed by atoms with Crippen molar-refractivity contribution in [2.75, 3.05) is 0 Å². The molecule has 3 nitrogen and oxygen atoms in total. The zero-order valence-electron chi connectivity index (χ0n) is 11.4. The first kappa shape index (κ1) is 22.0. The predicted octanol–water partition coefficient (Wildman–Crippen LogP) is 3.64. The lowest BCUT2D eigenvalue weighted by Crippen LogP contribution is -2.79. The average molecular weight is 407 g/mol. The number of hydrogen-bond acceptors (Lipinski definition) is 3. The lowest BCUT2D eigenvalue weighted by Gasteiger charge is -2.50. The minimum absolute atomic E-state index is 0.257. The SMILES string of the molecule is CC(O)C(F)(C(F)N1C(F)(F)C(F)(F)OC(F)(F)C1(F)F)C(F)(F)F. The van der Waals surface area contributed by atoms with Gasteiger partial charge in [-0.2, -0.15) is 48.3 Å². The molecule has 0 amide bonds. The maximum absolute atomic E-state index is 13.8. The van der Waals surface area contributed by atoms with Crippen molar-refractivity contribution < 1.29 is 66.9 Å². The van der Waals surface area contributed by atoms with Crippen LogP contribution in [-0.2, 0) is 4.74 Å². The van der Waals surface area contributed by atoms with Crippen LogP contribution in [0.5, 0.6) is 0 Å². The van der Waals surface area contributed by atoms with Crippen molar-refractivity contribution in [1.82, 2.24) is 4.90 Å². The smallest absolute Gasteiger partial charge is 0.390 e. The third kappa shape index (κ3) is 2.81. The molecule has 0 spiro atoms. The number of aliphatic hydroxyl groups excluding tert-OH is 1. The van der Waals surface area contributed by atoms with Gasteiger partial charge in [-0.25, -0.2) is 13.5 Å². The van der Waals surface area contributed by atoms with Gasteiger partial charge in [0.05, 0.1) is 6.10 Å². The summed E-state index contributed by atoms with van der Waals surface area (Å²) in [5.74, 6) is 0. The van der Waals surface area contributed by atoms with E-state index in [1.165, 1.54) is 0 Å². The highest BCUT2D eigenvalue weighted by Crippen LogP contribution is 2.59. The lowest BCUT2D eigenvalue weighted by molar-refractivity contribution is -0.576. The van der Waals surface area contributed by atoms with E-state index in [2.05, 4.69) is 0 Å². The zero-order chi connectivity index (χ0) is 20.4. The number of rotatable bonds is 3. The van der Waals surface area contributed by atoms with Crippen LogP contribution in [0.15, 0.2) is 0 Å². The van der Waals surface area contributed by atoms with Gasteiger partial charge in [-0.1, -0.05) is 0 Å². The standard InChI is InChI=1S/C9H6F13NO2/c1-2(24)4(11,5(12,13)14)3(10)23-6(15,16)8(19,20)25-9(21,22)7(23,17)18/h2-3,24H,1H3. The van der Waals surface area contributed by atoms with Crippen LogP contribution < -0.4 is 0 Å². The molecule has 3 atom stereocenters. The highest BCUT2D eigenvalue weighted by molar-refractivity contribution is 5.05. The molecular formula is C9H6F13NO2. The molecule has 1 heterocycles. The maximum Gasteiger partial charge on any atom is 0.439 e. The fourth-order valence-corrected chi connectivity index (χ4v) is 1.78. The largest absolute Gasteiger partial charge is 0.439 e. The Labute approximate surface area is 128 Å². The summed E-state index contributed by atoms with van der Waals surface area (Å²) in [6.45, 7) is -0.257. The number of ether oxygens (including phenoxy) is 1. The van der Waals surface area contributed by atoms with E-state index in [0.29, 0.717) is 0 Å². The molecular weight excluding hydrogens is 401 g/mol. The molecule has 16 heteroatoms. The fourth-order valence-electron chi connectivity index (χ4n) is 1.78. The van der Waals surface area contributed by atoms with E-state index < -0.39 is 53.5 Å². The highest BCUT2D eigenvalue weighted by Gasteiger charge is 2.87. The number of halogens is 13. The van der Waals surface area contributed by atoms with Gasteiger partial charge in [0.2, 0.25) is 6.30 Å². The summed E-state index contributed by atoms with van der Waals surface area (Å²) in [6, 6.07) is -13.7. The zero-order valence-corrected chi connectivity index (χ0v) is 11.4. The third-order valence-electron chi connectivity index (χ3n) is 3.18. The van der Waals surface area contributed by atoms with Gasteiger partial charge in [-0.15, -0.1) is 4.90 Å². The normalized spacial score (nSPS) is 30.4. The molecule has 0 saturated carbocycles. The van der Waals surface area contributed by atoms with E-state index in [9.17, 15) is 57.1 Å². The number of nitrogens with zero attached hydrogens (tertiary/aromatic N) is 1. The molecule has 0 bridgehead atoms. The predicted molar refractivity (Wildman–Crippen MR) is 49.2 cm³/mol. The summed E-state index contributed by atoms with van der Waals surface area (Å²) >= 11 is 0. The second-order valence-corrected chi connectivity index (χ2v) is 4.87. The molecule has 0 aromatic heterocycles. The summed E-state index contributed by atoms with van der Waals surface area (Å²) < 4.78 is 172. The Morgan fingerprint density at radius 2 is 1.16 bits per heavy atom. The molecule has 1 saturated heterocycles. The molecule has 25 heavy (non-hydrogen) atoms. The Hall–Kier alpha value is -1.03. The lowest BCUT2D eigenvalue weighted by atomic mass is 9.95. The van der Waals surface area contributed by atoms with Crippen molar-refractivity contribution in [3.63, 3.8) is 0 Å². The van der Waals surface area contributed by atoms with Gasteiger partial charge in [0.1, 0.15) is 0 Å². The molecule has 1 aliphatic heterocycles. The van der Waals surface area contributed by atoms with Gasteiger partial charge in [0, 0.05) is 0 Å². The maximum atomic E-state index is 13.8. The Kier molecular flexibility index (Phi) is 4.83. The topological polar surface area (TPSA) is 32.7 Å². The summed E-state index contributed by atoms with van der Waals surface area (Å²) in [5.41, 5.74) is -6.07. The van der Waals surface area contributed by atoms with E-state index in [-0.39, 0.29) is 6.92 Å². The van der Waals surface area contributed by atoms with Crippen LogP contribution in [0.1, 0.15) is 6.92 Å². The summed E-state index contributed by atoms with van der Waals surface area (Å²) in [4.78, 5) is -3.30. The highest BCUT2D eigenvalue weighted by atomic mass is 19.4. The van der Waals surface area contributed by atoms with Crippen LogP contribution in [0.3, 0.4) is 0 Å². The van der Waals surface area contributed by atoms with Gasteiger partial charge in [-0.3, -0.25) is 0 Å². The number of alkyl halides is 13. The Morgan fingerprint density at radius 3 is 1.40 bits per heavy atom. The van der Waals surface area contributed by atoms with Crippen molar-refractivity contribution in [1.29, 1.82) is 0 Å². The minimum atomic E-state index is -6.87. The Balaban J connectivity index is 3.68. The molecule has 150 valence electrons. The molecule has 1 fully saturated rings. The van der Waals surface area contributed by atoms with Crippen LogP contribution >= 0.6 is 0 Å². The second-order valence-electron chi connectivity index (χ2n) is 4.87. The second kappa shape index (κ2) is 5.48. The van der Waals surface area contributed by atoms with Crippen LogP contribution in [0.25, 0.3) is 0 Å². The Morgan fingerprint density at radius 1 is 0.840 bits per heavy atom. The average Bonchev–Trinajstić information content (AvgIpc) is 2.32. The van der Waals surface area contributed by atoms with Crippen molar-refractivity contribution in [3.8, 4) is 0 Å². The van der Waals surface area contributed by atoms with Crippen molar-refractivity contribution in [2.45, 2.75) is 55.5 Å². The van der Waals surface area contributed by atoms with E-state index >= 15 is 0 Å². The fraction of sp³-hybridized carbons (Fsp3) is 1.00. The number of morpholine rings is 1. The van der Waals surface area contributed by atoms with Gasteiger partial charge >= 0.3 is 30.5 Å². The minimum Gasteiger partial charge on any atom is -0.390 e. The quantitative estimate of drug-likeness (QED) is 0.573. The summed E-state index contributed by atoms with van der Waals surface area (Å²) in [6.07, 6.45) is -29.4. The summed E-state index contributed by atoms with van der Waals surface area (Å²) in [7, 11) is 0. The monoisotopic (exact) mass is 407 g/mol. The number of aliphatic hydroxyl groups is 1. The Bertz CT molecular complexity index is 492. The number of hydrogen-bond donors (Lipinski definition) is 1. The molecule has 0 aromatic carbocycles.